The molecule has 1 aliphatic rings. The van der Waals surface area contributed by atoms with Crippen LogP contribution < -0.4 is 10.6 Å². The summed E-state index contributed by atoms with van der Waals surface area (Å²) in [6.45, 7) is 10.6. The molecule has 0 bridgehead atoms. The van der Waals surface area contributed by atoms with E-state index < -0.39 is 0 Å². The van der Waals surface area contributed by atoms with E-state index in [0.717, 1.165) is 6.42 Å². The fraction of sp³-hybridized carbons (Fsp3) is 0.520. The van der Waals surface area contributed by atoms with Crippen molar-refractivity contribution in [2.75, 3.05) is 5.75 Å². The van der Waals surface area contributed by atoms with Gasteiger partial charge in [-0.3, -0.25) is 9.59 Å². The van der Waals surface area contributed by atoms with Crippen molar-refractivity contribution in [3.05, 3.63) is 54.4 Å². The molecule has 1 saturated carbocycles. The molecule has 0 saturated heterocycles. The second-order valence-corrected chi connectivity index (χ2v) is 9.97. The van der Waals surface area contributed by atoms with Crippen molar-refractivity contribution in [2.24, 2.45) is 11.8 Å². The molecule has 2 N–H and O–H groups in total. The summed E-state index contributed by atoms with van der Waals surface area (Å²) in [5, 5.41) is 15.7. The fourth-order valence-corrected chi connectivity index (χ4v) is 4.96. The molecule has 7 nitrogen and oxygen atoms in total. The van der Waals surface area contributed by atoms with Crippen LogP contribution in [0.15, 0.2) is 48.1 Å². The molecule has 0 spiro atoms. The molecule has 0 radical (unpaired) electrons. The van der Waals surface area contributed by atoms with Crippen molar-refractivity contribution < 1.29 is 9.59 Å². The van der Waals surface area contributed by atoms with Crippen LogP contribution in [-0.4, -0.2) is 38.4 Å². The topological polar surface area (TPSA) is 88.9 Å². The Kier molecular flexibility index (Phi) is 9.11. The Morgan fingerprint density at radius 3 is 2.61 bits per heavy atom. The number of carbonyl (C=O) groups excluding carboxylic acids is 2. The molecule has 33 heavy (non-hydrogen) atoms. The molecular formula is C25H35N5O2S. The van der Waals surface area contributed by atoms with Crippen molar-refractivity contribution in [3.63, 3.8) is 0 Å². The number of allylic oxidation sites excluding steroid dienone is 1. The molecule has 8 heteroatoms. The maximum atomic E-state index is 12.8. The average Bonchev–Trinajstić information content (AvgIpc) is 3.20. The van der Waals surface area contributed by atoms with Gasteiger partial charge in [-0.05, 0) is 36.8 Å². The monoisotopic (exact) mass is 469 g/mol. The second-order valence-electron chi connectivity index (χ2n) is 9.03. The Balaban J connectivity index is 1.70. The number of amides is 2. The Labute approximate surface area is 200 Å². The van der Waals surface area contributed by atoms with Gasteiger partial charge in [0.05, 0.1) is 11.8 Å². The first-order valence-electron chi connectivity index (χ1n) is 11.7. The lowest BCUT2D eigenvalue weighted by molar-refractivity contribution is -0.119. The number of nitrogens with one attached hydrogen (secondary N) is 2. The number of benzene rings is 1. The molecule has 2 aromatic rings. The highest BCUT2D eigenvalue weighted by atomic mass is 32.2. The van der Waals surface area contributed by atoms with E-state index in [1.54, 1.807) is 18.2 Å². The lowest BCUT2D eigenvalue weighted by Gasteiger charge is -2.29. The van der Waals surface area contributed by atoms with Crippen LogP contribution >= 0.6 is 11.8 Å². The third-order valence-electron chi connectivity index (χ3n) is 6.11. The van der Waals surface area contributed by atoms with E-state index in [4.69, 9.17) is 0 Å². The van der Waals surface area contributed by atoms with Crippen LogP contribution in [0.4, 0.5) is 0 Å². The molecule has 1 aromatic carbocycles. The third kappa shape index (κ3) is 6.69. The summed E-state index contributed by atoms with van der Waals surface area (Å²) >= 11 is 1.37. The predicted octanol–water partition coefficient (Wildman–Crippen LogP) is 4.38. The highest BCUT2D eigenvalue weighted by Crippen LogP contribution is 2.27. The van der Waals surface area contributed by atoms with E-state index in [1.165, 1.54) is 31.0 Å². The van der Waals surface area contributed by atoms with Gasteiger partial charge in [-0.15, -0.1) is 16.8 Å². The number of nitrogens with zero attached hydrogens (tertiary/aromatic N) is 3. The number of rotatable bonds is 10. The van der Waals surface area contributed by atoms with Gasteiger partial charge in [-0.25, -0.2) is 0 Å². The van der Waals surface area contributed by atoms with Crippen molar-refractivity contribution in [1.82, 2.24) is 25.4 Å². The zero-order chi connectivity index (χ0) is 23.8. The van der Waals surface area contributed by atoms with E-state index in [1.807, 2.05) is 36.6 Å². The summed E-state index contributed by atoms with van der Waals surface area (Å²) in [5.41, 5.74) is 0.598. The molecular weight excluding hydrogens is 434 g/mol. The Bertz CT molecular complexity index is 944. The highest BCUT2D eigenvalue weighted by molar-refractivity contribution is 7.99. The van der Waals surface area contributed by atoms with Crippen molar-refractivity contribution in [2.45, 2.75) is 70.2 Å². The molecule has 3 atom stereocenters. The smallest absolute Gasteiger partial charge is 0.251 e. The van der Waals surface area contributed by atoms with Crippen LogP contribution in [0, 0.1) is 11.8 Å². The van der Waals surface area contributed by atoms with Crippen LogP contribution in [0.3, 0.4) is 0 Å². The molecule has 1 fully saturated rings. The zero-order valence-electron chi connectivity index (χ0n) is 19.8. The number of thioether (sulfide) groups is 1. The Morgan fingerprint density at radius 1 is 1.21 bits per heavy atom. The Morgan fingerprint density at radius 2 is 1.94 bits per heavy atom. The van der Waals surface area contributed by atoms with Gasteiger partial charge in [-0.2, -0.15) is 0 Å². The SMILES string of the molecule is C=CCn1c(SCC(=O)N[C@@H]2CCCC[C@@H]2C)nnc1[C@@H](NC(=O)c1ccccc1)C(C)C. The van der Waals surface area contributed by atoms with Gasteiger partial charge in [0.2, 0.25) is 5.91 Å². The van der Waals surface area contributed by atoms with E-state index in [0.29, 0.717) is 29.0 Å². The van der Waals surface area contributed by atoms with Crippen LogP contribution in [0.2, 0.25) is 0 Å². The van der Waals surface area contributed by atoms with Crippen molar-refractivity contribution in [3.8, 4) is 0 Å². The highest BCUT2D eigenvalue weighted by Gasteiger charge is 2.27. The summed E-state index contributed by atoms with van der Waals surface area (Å²) in [5.74, 6) is 1.42. The summed E-state index contributed by atoms with van der Waals surface area (Å²) < 4.78 is 1.93. The van der Waals surface area contributed by atoms with E-state index >= 15 is 0 Å². The third-order valence-corrected chi connectivity index (χ3v) is 7.08. The van der Waals surface area contributed by atoms with Gasteiger partial charge in [-0.1, -0.05) is 69.6 Å². The van der Waals surface area contributed by atoms with Gasteiger partial charge in [0.25, 0.3) is 5.91 Å². The molecule has 3 rings (SSSR count). The largest absolute Gasteiger partial charge is 0.352 e. The minimum absolute atomic E-state index is 0.0197. The quantitative estimate of drug-likeness (QED) is 0.398. The predicted molar refractivity (Wildman–Crippen MR) is 132 cm³/mol. The van der Waals surface area contributed by atoms with E-state index in [-0.39, 0.29) is 35.6 Å². The summed E-state index contributed by atoms with van der Waals surface area (Å²) in [6.07, 6.45) is 6.40. The Hall–Kier alpha value is -2.61. The van der Waals surface area contributed by atoms with Crippen molar-refractivity contribution >= 4 is 23.6 Å². The molecule has 1 aromatic heterocycles. The van der Waals surface area contributed by atoms with Gasteiger partial charge in [0.15, 0.2) is 11.0 Å². The lowest BCUT2D eigenvalue weighted by Crippen LogP contribution is -2.41. The molecule has 0 aliphatic heterocycles. The first-order chi connectivity index (χ1) is 15.9. The summed E-state index contributed by atoms with van der Waals surface area (Å²) in [4.78, 5) is 25.4. The first-order valence-corrected chi connectivity index (χ1v) is 12.7. The van der Waals surface area contributed by atoms with Gasteiger partial charge in [0.1, 0.15) is 0 Å². The summed E-state index contributed by atoms with van der Waals surface area (Å²) in [7, 11) is 0. The van der Waals surface area contributed by atoms with Crippen LogP contribution in [0.5, 0.6) is 0 Å². The maximum absolute atomic E-state index is 12.8. The fourth-order valence-electron chi connectivity index (χ4n) is 4.19. The number of hydrogen-bond donors (Lipinski definition) is 2. The van der Waals surface area contributed by atoms with E-state index in [9.17, 15) is 9.59 Å². The molecule has 0 unspecified atom stereocenters. The number of carbonyl (C=O) groups is 2. The van der Waals surface area contributed by atoms with Gasteiger partial charge in [0, 0.05) is 18.2 Å². The van der Waals surface area contributed by atoms with Crippen LogP contribution in [-0.2, 0) is 11.3 Å². The molecule has 1 aliphatic carbocycles. The summed E-state index contributed by atoms with van der Waals surface area (Å²) in [6, 6.07) is 9.07. The normalized spacial score (nSPS) is 19.2. The standard InChI is InChI=1S/C25H35N5O2S/c1-5-15-30-23(22(17(2)3)27-24(32)19-12-7-6-8-13-19)28-29-25(30)33-16-21(31)26-20-14-10-9-11-18(20)4/h5-8,12-13,17-18,20,22H,1,9-11,14-16H2,2-4H3,(H,26,31)(H,27,32)/t18-,20+,22-/m0/s1. The van der Waals surface area contributed by atoms with Gasteiger partial charge < -0.3 is 15.2 Å². The number of hydrogen-bond acceptors (Lipinski definition) is 5. The van der Waals surface area contributed by atoms with Crippen LogP contribution in [0.25, 0.3) is 0 Å². The number of aromatic nitrogens is 3. The molecule has 178 valence electrons. The molecule has 2 amide bonds. The van der Waals surface area contributed by atoms with Crippen LogP contribution in [0.1, 0.15) is 68.7 Å². The lowest BCUT2D eigenvalue weighted by atomic mass is 9.86. The first kappa shape index (κ1) is 25.0. The minimum Gasteiger partial charge on any atom is -0.352 e. The van der Waals surface area contributed by atoms with Gasteiger partial charge >= 0.3 is 0 Å². The zero-order valence-corrected chi connectivity index (χ0v) is 20.6. The molecule has 1 heterocycles. The average molecular weight is 470 g/mol. The minimum atomic E-state index is -0.323. The van der Waals surface area contributed by atoms with Crippen molar-refractivity contribution in [1.29, 1.82) is 0 Å². The second kappa shape index (κ2) is 12.0. The maximum Gasteiger partial charge on any atom is 0.251 e. The van der Waals surface area contributed by atoms with E-state index in [2.05, 4.69) is 34.3 Å².